The van der Waals surface area contributed by atoms with Gasteiger partial charge >= 0.3 is 0 Å². The zero-order valence-electron chi connectivity index (χ0n) is 9.77. The van der Waals surface area contributed by atoms with E-state index >= 15 is 0 Å². The van der Waals surface area contributed by atoms with Crippen molar-refractivity contribution in [3.63, 3.8) is 0 Å². The zero-order valence-corrected chi connectivity index (χ0v) is 11.4. The van der Waals surface area contributed by atoms with Gasteiger partial charge in [0.25, 0.3) is 11.7 Å². The van der Waals surface area contributed by atoms with E-state index < -0.39 is 17.6 Å². The molecule has 0 unspecified atom stereocenters. The van der Waals surface area contributed by atoms with Crippen LogP contribution in [0.4, 0.5) is 5.69 Å². The molecule has 1 heterocycles. The Labute approximate surface area is 118 Å². The molecule has 1 N–H and O–H groups in total. The molecule has 6 heteroatoms. The van der Waals surface area contributed by atoms with Gasteiger partial charge < -0.3 is 5.32 Å². The Morgan fingerprint density at radius 2 is 2.16 bits per heavy atom. The second kappa shape index (κ2) is 5.24. The van der Waals surface area contributed by atoms with Crippen molar-refractivity contribution in [2.24, 2.45) is 0 Å². The van der Waals surface area contributed by atoms with E-state index in [-0.39, 0.29) is 13.1 Å². The number of rotatable bonds is 3. The number of nitrogens with zero attached hydrogens (tertiary/aromatic N) is 1. The minimum Gasteiger partial charge on any atom is -0.344 e. The van der Waals surface area contributed by atoms with E-state index in [1.807, 2.05) is 0 Å². The highest BCUT2D eigenvalue weighted by Gasteiger charge is 2.37. The summed E-state index contributed by atoms with van der Waals surface area (Å²) in [5.74, 6) is 0.528. The highest BCUT2D eigenvalue weighted by Crippen LogP contribution is 2.35. The molecular formula is C13H9BrN2O3. The molecule has 1 aromatic carbocycles. The predicted octanol–water partition coefficient (Wildman–Crippen LogP) is 0.728. The van der Waals surface area contributed by atoms with Crippen LogP contribution in [0.15, 0.2) is 22.7 Å². The summed E-state index contributed by atoms with van der Waals surface area (Å²) in [4.78, 5) is 36.4. The van der Waals surface area contributed by atoms with Crippen molar-refractivity contribution < 1.29 is 14.4 Å². The molecule has 0 saturated carbocycles. The Bertz CT molecular complexity index is 619. The largest absolute Gasteiger partial charge is 0.344 e. The smallest absolute Gasteiger partial charge is 0.299 e. The summed E-state index contributed by atoms with van der Waals surface area (Å²) in [5.41, 5.74) is 0.720. The van der Waals surface area contributed by atoms with E-state index in [1.165, 1.54) is 0 Å². The summed E-state index contributed by atoms with van der Waals surface area (Å²) in [6.07, 6.45) is 5.03. The minimum atomic E-state index is -0.710. The van der Waals surface area contributed by atoms with E-state index in [0.29, 0.717) is 15.7 Å². The van der Waals surface area contributed by atoms with Gasteiger partial charge in [0.15, 0.2) is 0 Å². The topological polar surface area (TPSA) is 66.5 Å². The number of hydrogen-bond donors (Lipinski definition) is 1. The first-order valence-electron chi connectivity index (χ1n) is 5.41. The number of anilines is 1. The Balaban J connectivity index is 2.29. The van der Waals surface area contributed by atoms with Gasteiger partial charge in [0.05, 0.1) is 17.8 Å². The van der Waals surface area contributed by atoms with Crippen LogP contribution in [0.25, 0.3) is 0 Å². The molecular weight excluding hydrogens is 312 g/mol. The van der Waals surface area contributed by atoms with E-state index in [2.05, 4.69) is 27.2 Å². The van der Waals surface area contributed by atoms with Crippen molar-refractivity contribution in [1.29, 1.82) is 0 Å². The van der Waals surface area contributed by atoms with Gasteiger partial charge in [0, 0.05) is 4.47 Å². The molecule has 1 aliphatic rings. The van der Waals surface area contributed by atoms with Crippen LogP contribution in [0.2, 0.25) is 0 Å². The molecule has 0 aliphatic carbocycles. The molecule has 0 bridgehead atoms. The molecule has 5 nitrogen and oxygen atoms in total. The summed E-state index contributed by atoms with van der Waals surface area (Å²) < 4.78 is 0.592. The molecule has 0 saturated heterocycles. The van der Waals surface area contributed by atoms with E-state index in [0.717, 1.165) is 4.90 Å². The van der Waals surface area contributed by atoms with Crippen molar-refractivity contribution in [3.8, 4) is 12.3 Å². The van der Waals surface area contributed by atoms with Crippen LogP contribution in [0.1, 0.15) is 10.4 Å². The van der Waals surface area contributed by atoms with Crippen LogP contribution >= 0.6 is 15.9 Å². The molecule has 0 aromatic heterocycles. The number of benzene rings is 1. The Kier molecular flexibility index (Phi) is 3.67. The lowest BCUT2D eigenvalue weighted by Crippen LogP contribution is -2.40. The van der Waals surface area contributed by atoms with Crippen molar-refractivity contribution in [3.05, 3.63) is 28.2 Å². The highest BCUT2D eigenvalue weighted by molar-refractivity contribution is 9.10. The molecule has 1 aromatic rings. The third-order valence-corrected chi connectivity index (χ3v) is 3.27. The Morgan fingerprint density at radius 1 is 1.42 bits per heavy atom. The maximum absolute atomic E-state index is 11.9. The Morgan fingerprint density at radius 3 is 2.84 bits per heavy atom. The number of carbonyl (C=O) groups is 3. The van der Waals surface area contributed by atoms with Crippen molar-refractivity contribution in [2.45, 2.75) is 0 Å². The summed E-state index contributed by atoms with van der Waals surface area (Å²) in [5, 5.41) is 2.45. The second-order valence-corrected chi connectivity index (χ2v) is 4.69. The fraction of sp³-hybridized carbons (Fsp3) is 0.154. The first-order chi connectivity index (χ1) is 9.06. The van der Waals surface area contributed by atoms with E-state index in [1.54, 1.807) is 18.2 Å². The van der Waals surface area contributed by atoms with Crippen LogP contribution in [-0.4, -0.2) is 30.7 Å². The predicted molar refractivity (Wildman–Crippen MR) is 72.7 cm³/mol. The number of terminal acetylenes is 1. The molecule has 96 valence electrons. The lowest BCUT2D eigenvalue weighted by molar-refractivity contribution is -0.121. The SMILES string of the molecule is C#CCNC(=O)CN1C(=O)C(=O)c2cccc(Br)c21. The third kappa shape index (κ3) is 2.37. The fourth-order valence-corrected chi connectivity index (χ4v) is 2.39. The monoisotopic (exact) mass is 320 g/mol. The summed E-state index contributed by atoms with van der Waals surface area (Å²) >= 11 is 3.28. The Hall–Kier alpha value is -2.13. The summed E-state index contributed by atoms with van der Waals surface area (Å²) in [7, 11) is 0. The van der Waals surface area contributed by atoms with Crippen LogP contribution < -0.4 is 10.2 Å². The van der Waals surface area contributed by atoms with Gasteiger partial charge in [0.2, 0.25) is 5.91 Å². The van der Waals surface area contributed by atoms with Crippen LogP contribution in [0, 0.1) is 12.3 Å². The first kappa shape index (κ1) is 13.3. The van der Waals surface area contributed by atoms with E-state index in [9.17, 15) is 14.4 Å². The maximum atomic E-state index is 11.9. The lowest BCUT2D eigenvalue weighted by Gasteiger charge is -2.16. The van der Waals surface area contributed by atoms with Gasteiger partial charge in [-0.05, 0) is 28.1 Å². The highest BCUT2D eigenvalue weighted by atomic mass is 79.9. The number of ketones is 1. The second-order valence-electron chi connectivity index (χ2n) is 3.84. The molecule has 2 amide bonds. The number of amides is 2. The molecule has 0 spiro atoms. The molecule has 19 heavy (non-hydrogen) atoms. The van der Waals surface area contributed by atoms with Gasteiger partial charge in [-0.25, -0.2) is 0 Å². The van der Waals surface area contributed by atoms with Crippen LogP contribution in [0.5, 0.6) is 0 Å². The molecule has 0 atom stereocenters. The fourth-order valence-electron chi connectivity index (χ4n) is 1.81. The summed E-state index contributed by atoms with van der Waals surface area (Å²) in [6.45, 7) is -0.153. The average molecular weight is 321 g/mol. The van der Waals surface area contributed by atoms with Gasteiger partial charge in [-0.2, -0.15) is 0 Å². The zero-order chi connectivity index (χ0) is 14.0. The number of fused-ring (bicyclic) bond motifs is 1. The quantitative estimate of drug-likeness (QED) is 0.659. The third-order valence-electron chi connectivity index (χ3n) is 2.63. The first-order valence-corrected chi connectivity index (χ1v) is 6.20. The van der Waals surface area contributed by atoms with Crippen molar-refractivity contribution >= 4 is 39.2 Å². The van der Waals surface area contributed by atoms with Gasteiger partial charge in [-0.1, -0.05) is 12.0 Å². The average Bonchev–Trinajstić information content (AvgIpc) is 2.63. The summed E-state index contributed by atoms with van der Waals surface area (Å²) in [6, 6.07) is 4.92. The maximum Gasteiger partial charge on any atom is 0.299 e. The van der Waals surface area contributed by atoms with Crippen LogP contribution in [0.3, 0.4) is 0 Å². The molecule has 0 fully saturated rings. The number of hydrogen-bond acceptors (Lipinski definition) is 3. The minimum absolute atomic E-state index is 0.0810. The molecule has 0 radical (unpaired) electrons. The number of para-hydroxylation sites is 1. The molecule has 2 rings (SSSR count). The van der Waals surface area contributed by atoms with Gasteiger partial charge in [0.1, 0.15) is 6.54 Å². The standard InChI is InChI=1S/C13H9BrN2O3/c1-2-6-15-10(17)7-16-11-8(12(18)13(16)19)4-3-5-9(11)14/h1,3-5H,6-7H2,(H,15,17). The van der Waals surface area contributed by atoms with Gasteiger partial charge in [-0.15, -0.1) is 6.42 Å². The normalized spacial score (nSPS) is 13.2. The van der Waals surface area contributed by atoms with Crippen molar-refractivity contribution in [2.75, 3.05) is 18.0 Å². The molecule has 1 aliphatic heterocycles. The van der Waals surface area contributed by atoms with Crippen LogP contribution in [-0.2, 0) is 9.59 Å². The lowest BCUT2D eigenvalue weighted by atomic mass is 10.1. The number of halogens is 1. The number of Topliss-reactive ketones (excluding diaryl/α,β-unsaturated/α-hetero) is 1. The van der Waals surface area contributed by atoms with Crippen molar-refractivity contribution in [1.82, 2.24) is 5.32 Å². The van der Waals surface area contributed by atoms with E-state index in [4.69, 9.17) is 6.42 Å². The number of nitrogens with one attached hydrogen (secondary N) is 1. The van der Waals surface area contributed by atoms with Gasteiger partial charge in [-0.3, -0.25) is 19.3 Å². The number of carbonyl (C=O) groups excluding carboxylic acids is 3.